The number of aliphatic carboxylic acids is 1. The minimum atomic E-state index is -1.44. The molecule has 10 heteroatoms. The minimum absolute atomic E-state index is 0.188. The van der Waals surface area contributed by atoms with Crippen molar-refractivity contribution in [2.24, 2.45) is 5.73 Å². The van der Waals surface area contributed by atoms with Gasteiger partial charge in [0.15, 0.2) is 12.4 Å². The molecule has 0 saturated heterocycles. The van der Waals surface area contributed by atoms with Crippen molar-refractivity contribution in [2.45, 2.75) is 12.5 Å². The van der Waals surface area contributed by atoms with E-state index in [1.54, 1.807) is 6.08 Å². The maximum Gasteiger partial charge on any atom is 0.326 e. The Kier molecular flexibility index (Phi) is 5.93. The molecule has 0 radical (unpaired) electrons. The number of carbonyl (C=O) groups excluding carboxylic acids is 3. The Morgan fingerprint density at radius 1 is 1.31 bits per heavy atom. The van der Waals surface area contributed by atoms with Crippen molar-refractivity contribution < 1.29 is 33.8 Å². The highest BCUT2D eigenvalue weighted by Crippen LogP contribution is 2.35. The van der Waals surface area contributed by atoms with Crippen LogP contribution in [0.5, 0.6) is 11.5 Å². The van der Waals surface area contributed by atoms with E-state index in [-0.39, 0.29) is 17.3 Å². The molecule has 0 fully saturated rings. The van der Waals surface area contributed by atoms with E-state index in [0.29, 0.717) is 11.3 Å². The third-order valence-electron chi connectivity index (χ3n) is 3.87. The minimum Gasteiger partial charge on any atom is -0.484 e. The zero-order valence-electron chi connectivity index (χ0n) is 14.9. The number of nitrogens with one attached hydrogen (secondary N) is 1. The maximum atomic E-state index is 12.4. The molecule has 2 amide bonds. The van der Waals surface area contributed by atoms with Gasteiger partial charge in [0.05, 0.1) is 12.0 Å². The maximum absolute atomic E-state index is 12.4. The van der Waals surface area contributed by atoms with Gasteiger partial charge >= 0.3 is 5.97 Å². The topological polar surface area (TPSA) is 145 Å². The average Bonchev–Trinajstić information content (AvgIpc) is 3.27. The average molecular weight is 416 g/mol. The van der Waals surface area contributed by atoms with Gasteiger partial charge in [0.25, 0.3) is 5.91 Å². The van der Waals surface area contributed by atoms with E-state index in [4.69, 9.17) is 20.3 Å². The van der Waals surface area contributed by atoms with Crippen LogP contribution < -0.4 is 20.5 Å². The number of benzene rings is 1. The fraction of sp³-hybridized carbons (Fsp3) is 0.158. The number of amides is 2. The van der Waals surface area contributed by atoms with Crippen LogP contribution in [-0.2, 0) is 14.4 Å². The largest absolute Gasteiger partial charge is 0.484 e. The summed E-state index contributed by atoms with van der Waals surface area (Å²) in [6.07, 6.45) is 1.11. The van der Waals surface area contributed by atoms with E-state index < -0.39 is 36.9 Å². The van der Waals surface area contributed by atoms with Crippen molar-refractivity contribution in [3.05, 3.63) is 51.9 Å². The summed E-state index contributed by atoms with van der Waals surface area (Å²) in [6.45, 7) is -0.493. The molecule has 1 atom stereocenters. The zero-order chi connectivity index (χ0) is 21.0. The quantitative estimate of drug-likeness (QED) is 0.548. The second-order valence-electron chi connectivity index (χ2n) is 6.03. The van der Waals surface area contributed by atoms with E-state index in [1.165, 1.54) is 29.5 Å². The third kappa shape index (κ3) is 4.99. The number of ketones is 1. The summed E-state index contributed by atoms with van der Waals surface area (Å²) in [6, 6.07) is 6.77. The normalized spacial score (nSPS) is 14.8. The lowest BCUT2D eigenvalue weighted by Crippen LogP contribution is -2.45. The van der Waals surface area contributed by atoms with Gasteiger partial charge in [-0.05, 0) is 23.6 Å². The molecule has 2 aromatic rings. The predicted molar refractivity (Wildman–Crippen MR) is 103 cm³/mol. The van der Waals surface area contributed by atoms with Crippen LogP contribution >= 0.6 is 11.3 Å². The fourth-order valence-electron chi connectivity index (χ4n) is 2.55. The molecule has 2 heterocycles. The number of carboxylic acid groups (broad SMARTS) is 1. The zero-order valence-corrected chi connectivity index (χ0v) is 15.7. The van der Waals surface area contributed by atoms with Crippen LogP contribution in [-0.4, -0.2) is 41.3 Å². The first-order chi connectivity index (χ1) is 13.8. The first kappa shape index (κ1) is 20.1. The van der Waals surface area contributed by atoms with Crippen molar-refractivity contribution in [1.82, 2.24) is 5.32 Å². The molecule has 1 aliphatic heterocycles. The third-order valence-corrected chi connectivity index (χ3v) is 4.69. The molecule has 0 saturated carbocycles. The lowest BCUT2D eigenvalue weighted by atomic mass is 10.1. The summed E-state index contributed by atoms with van der Waals surface area (Å²) >= 11 is 1.47. The van der Waals surface area contributed by atoms with E-state index in [1.807, 2.05) is 17.5 Å². The molecule has 29 heavy (non-hydrogen) atoms. The number of hydrogen-bond donors (Lipinski definition) is 3. The van der Waals surface area contributed by atoms with Crippen LogP contribution in [0.2, 0.25) is 0 Å². The molecule has 4 N–H and O–H groups in total. The first-order valence-corrected chi connectivity index (χ1v) is 9.26. The second kappa shape index (κ2) is 8.57. The van der Waals surface area contributed by atoms with Gasteiger partial charge in [0.1, 0.15) is 17.5 Å². The van der Waals surface area contributed by atoms with Gasteiger partial charge in [0, 0.05) is 17.0 Å². The number of hydrogen-bond acceptors (Lipinski definition) is 7. The van der Waals surface area contributed by atoms with Gasteiger partial charge in [-0.25, -0.2) is 4.79 Å². The highest BCUT2D eigenvalue weighted by Gasteiger charge is 2.28. The molecule has 1 aromatic heterocycles. The van der Waals surface area contributed by atoms with Gasteiger partial charge in [0.2, 0.25) is 11.7 Å². The molecule has 0 aliphatic carbocycles. The van der Waals surface area contributed by atoms with Crippen LogP contribution in [0.25, 0.3) is 6.08 Å². The van der Waals surface area contributed by atoms with Crippen LogP contribution in [0.1, 0.15) is 21.7 Å². The molecule has 0 bridgehead atoms. The van der Waals surface area contributed by atoms with Gasteiger partial charge in [-0.3, -0.25) is 14.4 Å². The van der Waals surface area contributed by atoms with Crippen LogP contribution in [0, 0.1) is 0 Å². The summed E-state index contributed by atoms with van der Waals surface area (Å²) in [5.74, 6) is -2.49. The van der Waals surface area contributed by atoms with Crippen molar-refractivity contribution in [1.29, 1.82) is 0 Å². The highest BCUT2D eigenvalue weighted by molar-refractivity contribution is 7.10. The first-order valence-electron chi connectivity index (χ1n) is 8.38. The monoisotopic (exact) mass is 416 g/mol. The molecular weight excluding hydrogens is 400 g/mol. The Hall–Kier alpha value is -3.66. The second-order valence-corrected chi connectivity index (χ2v) is 7.01. The summed E-state index contributed by atoms with van der Waals surface area (Å²) in [4.78, 5) is 47.0. The number of thiophene rings is 1. The lowest BCUT2D eigenvalue weighted by molar-refractivity contribution is -0.143. The Labute approximate surface area is 168 Å². The van der Waals surface area contributed by atoms with E-state index in [9.17, 15) is 19.2 Å². The van der Waals surface area contributed by atoms with Crippen molar-refractivity contribution in [2.75, 3.05) is 6.61 Å². The number of ether oxygens (including phenoxy) is 2. The summed E-state index contributed by atoms with van der Waals surface area (Å²) in [5, 5.41) is 13.0. The Morgan fingerprint density at radius 2 is 2.10 bits per heavy atom. The van der Waals surface area contributed by atoms with Gasteiger partial charge in [-0.2, -0.15) is 0 Å². The van der Waals surface area contributed by atoms with Crippen molar-refractivity contribution in [3.8, 4) is 11.5 Å². The number of fused-ring (bicyclic) bond motifs is 1. The molecule has 150 valence electrons. The highest BCUT2D eigenvalue weighted by atomic mass is 32.1. The van der Waals surface area contributed by atoms with E-state index >= 15 is 0 Å². The lowest BCUT2D eigenvalue weighted by Gasteiger charge is -2.13. The SMILES string of the molecule is NC(=O)C[C@@H](NC(=O)COc1ccc2c(c1)O/C(=C\c1cccs1)C2=O)C(=O)O. The fourth-order valence-corrected chi connectivity index (χ4v) is 3.19. The molecule has 0 unspecified atom stereocenters. The van der Waals surface area contributed by atoms with Crippen LogP contribution in [0.3, 0.4) is 0 Å². The number of rotatable bonds is 8. The summed E-state index contributed by atoms with van der Waals surface area (Å²) < 4.78 is 10.9. The van der Waals surface area contributed by atoms with Crippen LogP contribution in [0.4, 0.5) is 0 Å². The smallest absolute Gasteiger partial charge is 0.326 e. The number of primary amides is 1. The number of Topliss-reactive ketones (excluding diaryl/α,β-unsaturated/α-hetero) is 1. The van der Waals surface area contributed by atoms with Gasteiger partial charge in [-0.1, -0.05) is 6.07 Å². The number of carbonyl (C=O) groups is 4. The molecule has 3 rings (SSSR count). The molecular formula is C19H16N2O7S. The molecule has 9 nitrogen and oxygen atoms in total. The summed E-state index contributed by atoms with van der Waals surface area (Å²) in [7, 11) is 0. The van der Waals surface area contributed by atoms with Crippen LogP contribution in [0.15, 0.2) is 41.5 Å². The molecule has 1 aromatic carbocycles. The Bertz CT molecular complexity index is 998. The molecule has 0 spiro atoms. The van der Waals surface area contributed by atoms with E-state index in [2.05, 4.69) is 5.32 Å². The standard InChI is InChI=1S/C19H16N2O7S/c20-16(22)8-13(19(25)26)21-17(23)9-27-10-3-4-12-14(6-10)28-15(18(12)24)7-11-2-1-5-29-11/h1-7,13H,8-9H2,(H2,20,22)(H,21,23)(H,25,26)/b15-7-/t13-/m1/s1. The van der Waals surface area contributed by atoms with Crippen molar-refractivity contribution in [3.63, 3.8) is 0 Å². The van der Waals surface area contributed by atoms with Gasteiger partial charge < -0.3 is 25.6 Å². The van der Waals surface area contributed by atoms with E-state index in [0.717, 1.165) is 4.88 Å². The predicted octanol–water partition coefficient (Wildman–Crippen LogP) is 1.19. The summed E-state index contributed by atoms with van der Waals surface area (Å²) in [5.41, 5.74) is 5.33. The van der Waals surface area contributed by atoms with Crippen molar-refractivity contribution >= 4 is 41.0 Å². The Balaban J connectivity index is 1.62. The number of carboxylic acids is 1. The molecule has 1 aliphatic rings. The number of allylic oxidation sites excluding steroid dienone is 1. The Morgan fingerprint density at radius 3 is 2.76 bits per heavy atom. The van der Waals surface area contributed by atoms with Gasteiger partial charge in [-0.15, -0.1) is 11.3 Å². The number of nitrogens with two attached hydrogens (primary N) is 1.